The van der Waals surface area contributed by atoms with Crippen LogP contribution in [0.25, 0.3) is 32.3 Å². The second-order valence-corrected chi connectivity index (χ2v) is 4.69. The van der Waals surface area contributed by atoms with Crippen LogP contribution in [0.5, 0.6) is 5.75 Å². The molecule has 4 rings (SSSR count). The molecule has 0 unspecified atom stereocenters. The van der Waals surface area contributed by atoms with Crippen molar-refractivity contribution in [3.63, 3.8) is 0 Å². The summed E-state index contributed by atoms with van der Waals surface area (Å²) in [5.41, 5.74) is 0. The van der Waals surface area contributed by atoms with Gasteiger partial charge in [-0.15, -0.1) is 0 Å². The molecule has 0 bridgehead atoms. The number of rotatable bonds is 2. The molecule has 4 aromatic rings. The lowest BCUT2D eigenvalue weighted by Crippen LogP contribution is -2.00. The van der Waals surface area contributed by atoms with Crippen LogP contribution in [-0.2, 0) is 0 Å². The minimum Gasteiger partial charge on any atom is -0.538 e. The Hall–Kier alpha value is -2.26. The second-order valence-electron chi connectivity index (χ2n) is 4.69. The maximum Gasteiger partial charge on any atom is 0.504 e. The Morgan fingerprint density at radius 1 is 0.737 bits per heavy atom. The predicted octanol–water partition coefficient (Wildman–Crippen LogP) is 3.22. The monoisotopic (exact) mass is 246 g/mol. The third-order valence-electron chi connectivity index (χ3n) is 3.71. The van der Waals surface area contributed by atoms with E-state index < -0.39 is 0 Å². The summed E-state index contributed by atoms with van der Waals surface area (Å²) in [4.78, 5) is 0. The Bertz CT molecular complexity index is 870. The molecule has 0 saturated carbocycles. The van der Waals surface area contributed by atoms with Crippen molar-refractivity contribution in [2.24, 2.45) is 0 Å². The van der Waals surface area contributed by atoms with Crippen molar-refractivity contribution < 1.29 is 9.68 Å². The molecule has 0 spiro atoms. The Balaban J connectivity index is 2.28. The van der Waals surface area contributed by atoms with E-state index in [4.69, 9.17) is 9.68 Å². The Morgan fingerprint density at radius 3 is 2.11 bits per heavy atom. The van der Waals surface area contributed by atoms with E-state index in [2.05, 4.69) is 42.5 Å². The van der Waals surface area contributed by atoms with Gasteiger partial charge in [0, 0.05) is 10.8 Å². The van der Waals surface area contributed by atoms with E-state index >= 15 is 0 Å². The first-order valence-electron chi connectivity index (χ1n) is 6.29. The van der Waals surface area contributed by atoms with Gasteiger partial charge in [-0.1, -0.05) is 48.5 Å². The first-order chi connectivity index (χ1) is 9.38. The number of hydrogen-bond donors (Lipinski definition) is 1. The minimum absolute atomic E-state index is 0.302. The SMILES string of the molecule is OBOc1ccc2ccc3cccc4ccc1c2c34. The summed E-state index contributed by atoms with van der Waals surface area (Å²) in [5.74, 6) is 0.730. The largest absolute Gasteiger partial charge is 0.538 e. The lowest BCUT2D eigenvalue weighted by Gasteiger charge is -2.13. The van der Waals surface area contributed by atoms with Gasteiger partial charge in [0.1, 0.15) is 5.75 Å². The third kappa shape index (κ3) is 1.42. The topological polar surface area (TPSA) is 29.5 Å². The van der Waals surface area contributed by atoms with E-state index in [0.29, 0.717) is 0 Å². The highest BCUT2D eigenvalue weighted by molar-refractivity contribution is 6.25. The molecule has 0 aromatic heterocycles. The van der Waals surface area contributed by atoms with Crippen LogP contribution in [0.15, 0.2) is 54.6 Å². The molecule has 3 heteroatoms. The molecular weight excluding hydrogens is 235 g/mol. The normalized spacial score (nSPS) is 11.4. The molecule has 0 atom stereocenters. The van der Waals surface area contributed by atoms with Crippen molar-refractivity contribution in [1.82, 2.24) is 0 Å². The third-order valence-corrected chi connectivity index (χ3v) is 3.71. The van der Waals surface area contributed by atoms with Gasteiger partial charge < -0.3 is 9.68 Å². The van der Waals surface area contributed by atoms with E-state index in [-0.39, 0.29) is 7.69 Å². The van der Waals surface area contributed by atoms with Crippen molar-refractivity contribution in [2.75, 3.05) is 0 Å². The Kier molecular flexibility index (Phi) is 2.17. The molecule has 0 fully saturated rings. The molecule has 0 aliphatic heterocycles. The van der Waals surface area contributed by atoms with Crippen LogP contribution in [0.4, 0.5) is 0 Å². The van der Waals surface area contributed by atoms with Crippen molar-refractivity contribution in [3.8, 4) is 5.75 Å². The predicted molar refractivity (Wildman–Crippen MR) is 80.1 cm³/mol. The molecule has 19 heavy (non-hydrogen) atoms. The molecule has 0 amide bonds. The highest BCUT2D eigenvalue weighted by Gasteiger charge is 2.10. The lowest BCUT2D eigenvalue weighted by molar-refractivity contribution is 0.457. The molecule has 0 radical (unpaired) electrons. The van der Waals surface area contributed by atoms with E-state index in [9.17, 15) is 0 Å². The summed E-state index contributed by atoms with van der Waals surface area (Å²) in [7, 11) is -0.302. The van der Waals surface area contributed by atoms with Gasteiger partial charge in [-0.25, -0.2) is 0 Å². The van der Waals surface area contributed by atoms with Crippen LogP contribution in [0.1, 0.15) is 0 Å². The highest BCUT2D eigenvalue weighted by Crippen LogP contribution is 2.38. The van der Waals surface area contributed by atoms with E-state index in [1.807, 2.05) is 12.1 Å². The Labute approximate surface area is 110 Å². The first-order valence-corrected chi connectivity index (χ1v) is 6.29. The molecule has 90 valence electrons. The van der Waals surface area contributed by atoms with Gasteiger partial charge >= 0.3 is 7.69 Å². The summed E-state index contributed by atoms with van der Waals surface area (Å²) in [6.07, 6.45) is 0. The molecule has 0 saturated heterocycles. The fraction of sp³-hybridized carbons (Fsp3) is 0. The quantitative estimate of drug-likeness (QED) is 0.434. The summed E-state index contributed by atoms with van der Waals surface area (Å²) in [6.45, 7) is 0. The summed E-state index contributed by atoms with van der Waals surface area (Å²) in [5, 5.41) is 16.2. The van der Waals surface area contributed by atoms with E-state index in [1.54, 1.807) is 0 Å². The fourth-order valence-corrected chi connectivity index (χ4v) is 2.90. The second kappa shape index (κ2) is 3.87. The molecule has 0 aliphatic carbocycles. The zero-order valence-electron chi connectivity index (χ0n) is 10.3. The van der Waals surface area contributed by atoms with Crippen molar-refractivity contribution in [1.29, 1.82) is 0 Å². The molecule has 4 aromatic carbocycles. The summed E-state index contributed by atoms with van der Waals surface area (Å²) >= 11 is 0. The summed E-state index contributed by atoms with van der Waals surface area (Å²) < 4.78 is 5.32. The maximum atomic E-state index is 8.99. The number of hydrogen-bond acceptors (Lipinski definition) is 2. The molecule has 0 heterocycles. The first kappa shape index (κ1) is 10.6. The van der Waals surface area contributed by atoms with Gasteiger partial charge in [-0.05, 0) is 27.6 Å². The van der Waals surface area contributed by atoms with Crippen LogP contribution >= 0.6 is 0 Å². The highest BCUT2D eigenvalue weighted by atomic mass is 16.5. The average Bonchev–Trinajstić information content (AvgIpc) is 2.46. The zero-order valence-corrected chi connectivity index (χ0v) is 10.3. The van der Waals surface area contributed by atoms with Crippen molar-refractivity contribution in [3.05, 3.63) is 54.6 Å². The van der Waals surface area contributed by atoms with Gasteiger partial charge in [0.2, 0.25) is 0 Å². The maximum absolute atomic E-state index is 8.99. The standard InChI is InChI=1S/C16H11BO2/c18-17-19-14-9-7-12-5-4-10-2-1-3-11-6-8-13(14)16(12)15(10)11/h1-9,17-18H. The molecule has 0 aliphatic rings. The van der Waals surface area contributed by atoms with Crippen LogP contribution in [0.2, 0.25) is 0 Å². The van der Waals surface area contributed by atoms with Crippen molar-refractivity contribution in [2.45, 2.75) is 0 Å². The van der Waals surface area contributed by atoms with Crippen LogP contribution in [-0.4, -0.2) is 12.7 Å². The van der Waals surface area contributed by atoms with E-state index in [1.165, 1.54) is 26.9 Å². The molecule has 1 N–H and O–H groups in total. The van der Waals surface area contributed by atoms with Crippen LogP contribution in [0, 0.1) is 0 Å². The van der Waals surface area contributed by atoms with Gasteiger partial charge in [0.05, 0.1) is 0 Å². The van der Waals surface area contributed by atoms with Crippen molar-refractivity contribution >= 4 is 40.0 Å². The molecule has 2 nitrogen and oxygen atoms in total. The van der Waals surface area contributed by atoms with Gasteiger partial charge in [0.15, 0.2) is 0 Å². The Morgan fingerprint density at radius 2 is 1.37 bits per heavy atom. The van der Waals surface area contributed by atoms with Crippen LogP contribution < -0.4 is 4.65 Å². The van der Waals surface area contributed by atoms with Gasteiger partial charge in [0.25, 0.3) is 0 Å². The van der Waals surface area contributed by atoms with Gasteiger partial charge in [-0.2, -0.15) is 0 Å². The zero-order chi connectivity index (χ0) is 12.8. The van der Waals surface area contributed by atoms with Gasteiger partial charge in [-0.3, -0.25) is 0 Å². The van der Waals surface area contributed by atoms with E-state index in [0.717, 1.165) is 11.1 Å². The minimum atomic E-state index is -0.302. The fourth-order valence-electron chi connectivity index (χ4n) is 2.90. The smallest absolute Gasteiger partial charge is 0.504 e. The lowest BCUT2D eigenvalue weighted by atomic mass is 9.94. The molecular formula is C16H11BO2. The summed E-state index contributed by atoms with van der Waals surface area (Å²) in [6, 6.07) is 18.7. The average molecular weight is 246 g/mol. The van der Waals surface area contributed by atoms with Crippen LogP contribution in [0.3, 0.4) is 0 Å². The number of benzene rings is 4.